The smallest absolute Gasteiger partial charge is 0.106 e. The number of nitrogens with zero attached hydrogens (tertiary/aromatic N) is 1. The van der Waals surface area contributed by atoms with Crippen LogP contribution in [-0.4, -0.2) is 37.5 Å². The van der Waals surface area contributed by atoms with E-state index in [1.165, 1.54) is 0 Å². The van der Waals surface area contributed by atoms with Crippen molar-refractivity contribution in [2.24, 2.45) is 0 Å². The van der Waals surface area contributed by atoms with E-state index < -0.39 is 5.54 Å². The van der Waals surface area contributed by atoms with Crippen molar-refractivity contribution in [2.75, 3.05) is 26.4 Å². The van der Waals surface area contributed by atoms with Crippen LogP contribution in [0.15, 0.2) is 0 Å². The summed E-state index contributed by atoms with van der Waals surface area (Å²) in [5, 5.41) is 12.4. The zero-order valence-electron chi connectivity index (χ0n) is 12.5. The van der Waals surface area contributed by atoms with E-state index in [4.69, 9.17) is 14.7 Å². The van der Waals surface area contributed by atoms with Gasteiger partial charge in [-0.15, -0.1) is 0 Å². The van der Waals surface area contributed by atoms with Crippen molar-refractivity contribution in [3.8, 4) is 6.07 Å². The zero-order valence-corrected chi connectivity index (χ0v) is 12.5. The third-order valence-electron chi connectivity index (χ3n) is 2.52. The summed E-state index contributed by atoms with van der Waals surface area (Å²) >= 11 is 0. The van der Waals surface area contributed by atoms with Crippen molar-refractivity contribution in [3.05, 3.63) is 0 Å². The van der Waals surface area contributed by atoms with E-state index in [-0.39, 0.29) is 5.60 Å². The number of rotatable bonds is 9. The van der Waals surface area contributed by atoms with E-state index >= 15 is 0 Å². The SMILES string of the molecule is CCCNC(C)(C#N)CCOCCOC(C)(C)C. The Kier molecular flexibility index (Phi) is 8.17. The first kappa shape index (κ1) is 17.4. The normalized spacial score (nSPS) is 15.1. The lowest BCUT2D eigenvalue weighted by Gasteiger charge is -2.23. The van der Waals surface area contributed by atoms with E-state index in [9.17, 15) is 0 Å². The van der Waals surface area contributed by atoms with Crippen molar-refractivity contribution in [1.82, 2.24) is 5.32 Å². The first-order valence-electron chi connectivity index (χ1n) is 6.71. The van der Waals surface area contributed by atoms with Gasteiger partial charge in [0.2, 0.25) is 0 Å². The number of hydrogen-bond acceptors (Lipinski definition) is 4. The topological polar surface area (TPSA) is 54.3 Å². The van der Waals surface area contributed by atoms with Gasteiger partial charge in [-0.2, -0.15) is 5.26 Å². The van der Waals surface area contributed by atoms with Gasteiger partial charge in [0.1, 0.15) is 5.54 Å². The van der Waals surface area contributed by atoms with Crippen molar-refractivity contribution in [2.45, 2.75) is 58.6 Å². The summed E-state index contributed by atoms with van der Waals surface area (Å²) in [4.78, 5) is 0. The molecule has 4 nitrogen and oxygen atoms in total. The van der Waals surface area contributed by atoms with Gasteiger partial charge < -0.3 is 9.47 Å². The summed E-state index contributed by atoms with van der Waals surface area (Å²) in [6.07, 6.45) is 1.72. The quantitative estimate of drug-likeness (QED) is 0.644. The third-order valence-corrected chi connectivity index (χ3v) is 2.52. The minimum absolute atomic E-state index is 0.118. The highest BCUT2D eigenvalue weighted by Crippen LogP contribution is 2.09. The Labute approximate surface area is 112 Å². The van der Waals surface area contributed by atoms with Crippen LogP contribution in [0.5, 0.6) is 0 Å². The molecule has 0 aliphatic carbocycles. The number of nitriles is 1. The second-order valence-electron chi connectivity index (χ2n) is 5.69. The summed E-state index contributed by atoms with van der Waals surface area (Å²) < 4.78 is 11.0. The van der Waals surface area contributed by atoms with E-state index in [1.54, 1.807) is 0 Å². The van der Waals surface area contributed by atoms with Gasteiger partial charge in [-0.1, -0.05) is 6.92 Å². The van der Waals surface area contributed by atoms with Gasteiger partial charge in [0, 0.05) is 13.0 Å². The predicted molar refractivity (Wildman–Crippen MR) is 73.5 cm³/mol. The fourth-order valence-electron chi connectivity index (χ4n) is 1.37. The first-order valence-corrected chi connectivity index (χ1v) is 6.71. The Morgan fingerprint density at radius 1 is 1.11 bits per heavy atom. The monoisotopic (exact) mass is 256 g/mol. The number of ether oxygens (including phenoxy) is 2. The van der Waals surface area contributed by atoms with Crippen molar-refractivity contribution < 1.29 is 9.47 Å². The minimum Gasteiger partial charge on any atom is -0.379 e. The fourth-order valence-corrected chi connectivity index (χ4v) is 1.37. The zero-order chi connectivity index (χ0) is 14.1. The van der Waals surface area contributed by atoms with Gasteiger partial charge in [-0.25, -0.2) is 0 Å². The average Bonchev–Trinajstić information content (AvgIpc) is 2.30. The predicted octanol–water partition coefficient (Wildman–Crippen LogP) is 2.49. The lowest BCUT2D eigenvalue weighted by molar-refractivity contribution is -0.0362. The molecule has 0 spiro atoms. The summed E-state index contributed by atoms with van der Waals surface area (Å²) in [6, 6.07) is 2.31. The van der Waals surface area contributed by atoms with E-state index in [0.29, 0.717) is 26.2 Å². The maximum atomic E-state index is 9.13. The Bertz CT molecular complexity index is 256. The second kappa shape index (κ2) is 8.47. The summed E-state index contributed by atoms with van der Waals surface area (Å²) in [6.45, 7) is 12.7. The fraction of sp³-hybridized carbons (Fsp3) is 0.929. The molecule has 0 amide bonds. The maximum Gasteiger partial charge on any atom is 0.106 e. The molecular weight excluding hydrogens is 228 g/mol. The molecule has 0 bridgehead atoms. The van der Waals surface area contributed by atoms with Crippen LogP contribution in [0, 0.1) is 11.3 Å². The molecule has 0 aromatic heterocycles. The highest BCUT2D eigenvalue weighted by atomic mass is 16.5. The molecule has 106 valence electrons. The lowest BCUT2D eigenvalue weighted by Crippen LogP contribution is -2.42. The molecule has 0 aliphatic heterocycles. The maximum absolute atomic E-state index is 9.13. The Morgan fingerprint density at radius 3 is 2.28 bits per heavy atom. The molecule has 0 aliphatic rings. The van der Waals surface area contributed by atoms with Gasteiger partial charge in [0.05, 0.1) is 24.9 Å². The molecule has 1 unspecified atom stereocenters. The lowest BCUT2D eigenvalue weighted by atomic mass is 10.0. The van der Waals surface area contributed by atoms with Crippen LogP contribution in [-0.2, 0) is 9.47 Å². The molecule has 18 heavy (non-hydrogen) atoms. The molecule has 0 saturated heterocycles. The molecule has 0 aromatic rings. The molecular formula is C14H28N2O2. The van der Waals surface area contributed by atoms with Crippen LogP contribution in [0.4, 0.5) is 0 Å². The summed E-state index contributed by atoms with van der Waals surface area (Å²) in [5.74, 6) is 0. The molecule has 1 N–H and O–H groups in total. The molecule has 4 heteroatoms. The van der Waals surface area contributed by atoms with Crippen LogP contribution in [0.1, 0.15) is 47.5 Å². The largest absolute Gasteiger partial charge is 0.379 e. The summed E-state index contributed by atoms with van der Waals surface area (Å²) in [7, 11) is 0. The molecule has 0 saturated carbocycles. The van der Waals surface area contributed by atoms with Crippen LogP contribution in [0.3, 0.4) is 0 Å². The summed E-state index contributed by atoms with van der Waals surface area (Å²) in [5.41, 5.74) is -0.603. The van der Waals surface area contributed by atoms with Gasteiger partial charge in [0.25, 0.3) is 0 Å². The van der Waals surface area contributed by atoms with Crippen molar-refractivity contribution in [3.63, 3.8) is 0 Å². The standard InChI is InChI=1S/C14H28N2O2/c1-6-8-16-14(5,12-15)7-9-17-10-11-18-13(2,3)4/h16H,6-11H2,1-5H3. The van der Waals surface area contributed by atoms with E-state index in [2.05, 4.69) is 18.3 Å². The Balaban J connectivity index is 3.66. The molecule has 0 fully saturated rings. The van der Waals surface area contributed by atoms with Gasteiger partial charge in [-0.05, 0) is 40.7 Å². The first-order chi connectivity index (χ1) is 8.33. The van der Waals surface area contributed by atoms with Crippen molar-refractivity contribution >= 4 is 0 Å². The van der Waals surface area contributed by atoms with Gasteiger partial charge >= 0.3 is 0 Å². The molecule has 0 aromatic carbocycles. The number of nitrogens with one attached hydrogen (secondary N) is 1. The third kappa shape index (κ3) is 9.41. The van der Waals surface area contributed by atoms with Crippen LogP contribution in [0.25, 0.3) is 0 Å². The Hall–Kier alpha value is -0.630. The van der Waals surface area contributed by atoms with E-state index in [1.807, 2.05) is 27.7 Å². The molecule has 1 atom stereocenters. The van der Waals surface area contributed by atoms with Crippen molar-refractivity contribution in [1.29, 1.82) is 5.26 Å². The minimum atomic E-state index is -0.485. The highest BCUT2D eigenvalue weighted by Gasteiger charge is 2.22. The number of hydrogen-bond donors (Lipinski definition) is 1. The van der Waals surface area contributed by atoms with Crippen LogP contribution >= 0.6 is 0 Å². The van der Waals surface area contributed by atoms with Crippen LogP contribution < -0.4 is 5.32 Å². The second-order valence-corrected chi connectivity index (χ2v) is 5.69. The molecule has 0 radical (unpaired) electrons. The molecule has 0 rings (SSSR count). The van der Waals surface area contributed by atoms with Gasteiger partial charge in [-0.3, -0.25) is 5.32 Å². The van der Waals surface area contributed by atoms with Crippen LogP contribution in [0.2, 0.25) is 0 Å². The van der Waals surface area contributed by atoms with Gasteiger partial charge in [0.15, 0.2) is 0 Å². The Morgan fingerprint density at radius 2 is 1.78 bits per heavy atom. The highest BCUT2D eigenvalue weighted by molar-refractivity contribution is 5.03. The average molecular weight is 256 g/mol. The molecule has 0 heterocycles. The van der Waals surface area contributed by atoms with E-state index in [0.717, 1.165) is 13.0 Å².